The molecule has 1 aliphatic heterocycles. The first-order valence-corrected chi connectivity index (χ1v) is 8.02. The van der Waals surface area contributed by atoms with E-state index in [0.717, 1.165) is 31.1 Å². The molecule has 0 amide bonds. The SMILES string of the molecule is O[C@@H](CN1CCC[C@@H]1c1noc(C2CC2)n1)Cn1cccn1. The lowest BCUT2D eigenvalue weighted by Crippen LogP contribution is -2.35. The smallest absolute Gasteiger partial charge is 0.229 e. The summed E-state index contributed by atoms with van der Waals surface area (Å²) in [6.07, 6.45) is 7.60. The molecular formula is C15H21N5O2. The van der Waals surface area contributed by atoms with Crippen LogP contribution in [0.1, 0.15) is 49.4 Å². The molecule has 0 unspecified atom stereocenters. The predicted molar refractivity (Wildman–Crippen MR) is 78.1 cm³/mol. The number of rotatable bonds is 6. The Morgan fingerprint density at radius 1 is 1.32 bits per heavy atom. The summed E-state index contributed by atoms with van der Waals surface area (Å²) in [6, 6.07) is 2.04. The van der Waals surface area contributed by atoms with Gasteiger partial charge in [0.1, 0.15) is 0 Å². The zero-order valence-electron chi connectivity index (χ0n) is 12.5. The van der Waals surface area contributed by atoms with Crippen molar-refractivity contribution in [3.63, 3.8) is 0 Å². The summed E-state index contributed by atoms with van der Waals surface area (Å²) >= 11 is 0. The lowest BCUT2D eigenvalue weighted by Gasteiger charge is -2.24. The highest BCUT2D eigenvalue weighted by Gasteiger charge is 2.34. The van der Waals surface area contributed by atoms with Gasteiger partial charge >= 0.3 is 0 Å². The van der Waals surface area contributed by atoms with Gasteiger partial charge < -0.3 is 9.63 Å². The van der Waals surface area contributed by atoms with Crippen molar-refractivity contribution in [2.24, 2.45) is 0 Å². The number of aliphatic hydroxyl groups is 1. The molecule has 4 rings (SSSR count). The molecule has 2 aromatic rings. The fourth-order valence-corrected chi connectivity index (χ4v) is 3.17. The topological polar surface area (TPSA) is 80.2 Å². The number of aromatic nitrogens is 4. The Morgan fingerprint density at radius 3 is 3.00 bits per heavy atom. The van der Waals surface area contributed by atoms with Crippen LogP contribution in [0.15, 0.2) is 23.0 Å². The molecule has 3 heterocycles. The van der Waals surface area contributed by atoms with Gasteiger partial charge in [-0.25, -0.2) is 0 Å². The van der Waals surface area contributed by atoms with Crippen LogP contribution in [0.25, 0.3) is 0 Å². The van der Waals surface area contributed by atoms with Gasteiger partial charge in [0.15, 0.2) is 5.82 Å². The Labute approximate surface area is 128 Å². The van der Waals surface area contributed by atoms with E-state index in [2.05, 4.69) is 20.1 Å². The lowest BCUT2D eigenvalue weighted by atomic mass is 10.2. The van der Waals surface area contributed by atoms with Crippen LogP contribution >= 0.6 is 0 Å². The van der Waals surface area contributed by atoms with Crippen LogP contribution in [0.5, 0.6) is 0 Å². The molecule has 1 aliphatic carbocycles. The Hall–Kier alpha value is -1.73. The molecule has 2 atom stereocenters. The zero-order valence-corrected chi connectivity index (χ0v) is 12.5. The average molecular weight is 303 g/mol. The molecule has 1 saturated heterocycles. The van der Waals surface area contributed by atoms with Crippen LogP contribution in [0.3, 0.4) is 0 Å². The van der Waals surface area contributed by atoms with Crippen LogP contribution < -0.4 is 0 Å². The van der Waals surface area contributed by atoms with Crippen molar-refractivity contribution in [3.8, 4) is 0 Å². The molecule has 2 aliphatic rings. The number of β-amino-alcohol motifs (C(OH)–C–C–N with tert-alkyl or cyclic N) is 1. The monoisotopic (exact) mass is 303 g/mol. The maximum absolute atomic E-state index is 10.3. The molecular weight excluding hydrogens is 282 g/mol. The Kier molecular flexibility index (Phi) is 3.67. The van der Waals surface area contributed by atoms with Crippen molar-refractivity contribution in [1.82, 2.24) is 24.8 Å². The van der Waals surface area contributed by atoms with Crippen LogP contribution in [0.4, 0.5) is 0 Å². The van der Waals surface area contributed by atoms with E-state index in [1.165, 1.54) is 12.8 Å². The van der Waals surface area contributed by atoms with Crippen molar-refractivity contribution in [1.29, 1.82) is 0 Å². The number of likely N-dealkylation sites (tertiary alicyclic amines) is 1. The highest BCUT2D eigenvalue weighted by atomic mass is 16.5. The maximum Gasteiger partial charge on any atom is 0.229 e. The molecule has 1 saturated carbocycles. The normalized spacial score (nSPS) is 24.0. The molecule has 7 nitrogen and oxygen atoms in total. The van der Waals surface area contributed by atoms with Gasteiger partial charge in [-0.2, -0.15) is 10.1 Å². The third kappa shape index (κ3) is 2.91. The first-order chi connectivity index (χ1) is 10.8. The van der Waals surface area contributed by atoms with E-state index >= 15 is 0 Å². The molecule has 2 fully saturated rings. The van der Waals surface area contributed by atoms with Crippen molar-refractivity contribution >= 4 is 0 Å². The van der Waals surface area contributed by atoms with Gasteiger partial charge in [0.25, 0.3) is 0 Å². The van der Waals surface area contributed by atoms with Gasteiger partial charge in [-0.1, -0.05) is 5.16 Å². The maximum atomic E-state index is 10.3. The van der Waals surface area contributed by atoms with Gasteiger partial charge in [-0.15, -0.1) is 0 Å². The summed E-state index contributed by atoms with van der Waals surface area (Å²) in [5, 5.41) is 18.6. The molecule has 7 heteroatoms. The first kappa shape index (κ1) is 13.9. The standard InChI is InChI=1S/C15H21N5O2/c21-12(10-20-8-2-6-16-20)9-19-7-1-3-13(19)14-17-15(22-18-14)11-4-5-11/h2,6,8,11-13,21H,1,3-5,7,9-10H2/t12-,13+/m0/s1. The Bertz CT molecular complexity index is 607. The molecule has 0 bridgehead atoms. The van der Waals surface area contributed by atoms with Crippen molar-refractivity contribution < 1.29 is 9.63 Å². The first-order valence-electron chi connectivity index (χ1n) is 8.02. The van der Waals surface area contributed by atoms with E-state index in [1.807, 2.05) is 12.3 Å². The second-order valence-electron chi connectivity index (χ2n) is 6.30. The summed E-state index contributed by atoms with van der Waals surface area (Å²) in [5.41, 5.74) is 0. The van der Waals surface area contributed by atoms with Crippen LogP contribution in [0, 0.1) is 0 Å². The predicted octanol–water partition coefficient (Wildman–Crippen LogP) is 1.34. The average Bonchev–Trinajstić information content (AvgIpc) is 2.95. The van der Waals surface area contributed by atoms with Crippen molar-refractivity contribution in [2.45, 2.75) is 50.3 Å². The van der Waals surface area contributed by atoms with E-state index in [-0.39, 0.29) is 6.04 Å². The second kappa shape index (κ2) is 5.81. The van der Waals surface area contributed by atoms with Gasteiger partial charge in [0, 0.05) is 24.9 Å². The van der Waals surface area contributed by atoms with E-state index in [1.54, 1.807) is 10.9 Å². The number of hydrogen-bond acceptors (Lipinski definition) is 6. The summed E-state index contributed by atoms with van der Waals surface area (Å²) in [5.74, 6) is 2.06. The van der Waals surface area contributed by atoms with Crippen molar-refractivity contribution in [2.75, 3.05) is 13.1 Å². The second-order valence-corrected chi connectivity index (χ2v) is 6.30. The highest BCUT2D eigenvalue weighted by molar-refractivity contribution is 5.05. The Morgan fingerprint density at radius 2 is 2.23 bits per heavy atom. The molecule has 2 aromatic heterocycles. The van der Waals surface area contributed by atoms with Crippen LogP contribution in [-0.2, 0) is 6.54 Å². The number of hydrogen-bond donors (Lipinski definition) is 1. The van der Waals surface area contributed by atoms with Crippen LogP contribution in [0.2, 0.25) is 0 Å². The van der Waals surface area contributed by atoms with Gasteiger partial charge in [-0.05, 0) is 38.3 Å². The van der Waals surface area contributed by atoms with E-state index in [9.17, 15) is 5.11 Å². The molecule has 1 N–H and O–H groups in total. The lowest BCUT2D eigenvalue weighted by molar-refractivity contribution is 0.0869. The van der Waals surface area contributed by atoms with E-state index in [0.29, 0.717) is 19.0 Å². The fraction of sp³-hybridized carbons (Fsp3) is 0.667. The zero-order chi connectivity index (χ0) is 14.9. The van der Waals surface area contributed by atoms with Gasteiger partial charge in [0.2, 0.25) is 5.89 Å². The van der Waals surface area contributed by atoms with Crippen LogP contribution in [-0.4, -0.2) is 49.1 Å². The fourth-order valence-electron chi connectivity index (χ4n) is 3.17. The van der Waals surface area contributed by atoms with Gasteiger partial charge in [-0.3, -0.25) is 9.58 Å². The summed E-state index contributed by atoms with van der Waals surface area (Å²) in [4.78, 5) is 6.83. The van der Waals surface area contributed by atoms with Gasteiger partial charge in [0.05, 0.1) is 18.7 Å². The third-order valence-corrected chi connectivity index (χ3v) is 4.45. The summed E-state index contributed by atoms with van der Waals surface area (Å²) in [7, 11) is 0. The molecule has 0 spiro atoms. The Balaban J connectivity index is 1.39. The number of aliphatic hydroxyl groups excluding tert-OH is 1. The largest absolute Gasteiger partial charge is 0.390 e. The minimum Gasteiger partial charge on any atom is -0.390 e. The summed E-state index contributed by atoms with van der Waals surface area (Å²) in [6.45, 7) is 2.09. The van der Waals surface area contributed by atoms with Crippen molar-refractivity contribution in [3.05, 3.63) is 30.2 Å². The minimum absolute atomic E-state index is 0.170. The quantitative estimate of drug-likeness (QED) is 0.867. The van der Waals surface area contributed by atoms with E-state index < -0.39 is 6.10 Å². The third-order valence-electron chi connectivity index (χ3n) is 4.45. The molecule has 0 radical (unpaired) electrons. The number of nitrogens with zero attached hydrogens (tertiary/aromatic N) is 5. The molecule has 118 valence electrons. The molecule has 0 aromatic carbocycles. The summed E-state index contributed by atoms with van der Waals surface area (Å²) < 4.78 is 7.13. The van der Waals surface area contributed by atoms with E-state index in [4.69, 9.17) is 4.52 Å². The minimum atomic E-state index is -0.449. The molecule has 22 heavy (non-hydrogen) atoms. The highest BCUT2D eigenvalue weighted by Crippen LogP contribution is 2.40.